The molecule has 1 atom stereocenters. The number of carbonyl (C=O) groups excluding carboxylic acids is 1. The van der Waals surface area contributed by atoms with E-state index in [1.54, 1.807) is 60.0 Å². The van der Waals surface area contributed by atoms with Crippen molar-refractivity contribution < 1.29 is 13.9 Å². The highest BCUT2D eigenvalue weighted by molar-refractivity contribution is 8.00. The van der Waals surface area contributed by atoms with Crippen molar-refractivity contribution in [2.75, 3.05) is 0 Å². The van der Waals surface area contributed by atoms with Gasteiger partial charge in [-0.15, -0.1) is 16.8 Å². The van der Waals surface area contributed by atoms with Crippen molar-refractivity contribution in [2.45, 2.75) is 30.5 Å². The van der Waals surface area contributed by atoms with Gasteiger partial charge in [-0.3, -0.25) is 9.36 Å². The number of rotatable bonds is 9. The number of Topliss-reactive ketones (excluding diaryl/α,β-unsaturated/α-hetero) is 1. The molecular weight excluding hydrogens is 413 g/mol. The normalized spacial score (nSPS) is 11.8. The van der Waals surface area contributed by atoms with Gasteiger partial charge in [-0.2, -0.15) is 0 Å². The highest BCUT2D eigenvalue weighted by Gasteiger charge is 2.21. The van der Waals surface area contributed by atoms with Crippen LogP contribution in [0.15, 0.2) is 66.3 Å². The molecule has 29 heavy (non-hydrogen) atoms. The first-order valence-corrected chi connectivity index (χ1v) is 10.1. The SMILES string of the molecule is C=CCn1c(COc2ccccc2F)nnc1S[C@H](C)C(=O)c1cccc(Cl)c1. The van der Waals surface area contributed by atoms with Gasteiger partial charge in [0.25, 0.3) is 0 Å². The number of nitrogens with zero attached hydrogens (tertiary/aromatic N) is 3. The van der Waals surface area contributed by atoms with E-state index < -0.39 is 11.1 Å². The second-order valence-corrected chi connectivity index (χ2v) is 7.90. The number of allylic oxidation sites excluding steroid dienone is 1. The Kier molecular flexibility index (Phi) is 7.06. The van der Waals surface area contributed by atoms with E-state index in [0.29, 0.717) is 28.1 Å². The van der Waals surface area contributed by atoms with Crippen LogP contribution in [0.2, 0.25) is 5.02 Å². The number of ether oxygens (including phenoxy) is 1. The van der Waals surface area contributed by atoms with Crippen LogP contribution in [-0.4, -0.2) is 25.8 Å². The molecule has 0 N–H and O–H groups in total. The van der Waals surface area contributed by atoms with Crippen molar-refractivity contribution >= 4 is 29.1 Å². The summed E-state index contributed by atoms with van der Waals surface area (Å²) < 4.78 is 21.1. The molecule has 0 saturated heterocycles. The number of hydrogen-bond acceptors (Lipinski definition) is 5. The predicted octanol–water partition coefficient (Wildman–Crippen LogP) is 5.20. The van der Waals surface area contributed by atoms with Gasteiger partial charge in [0.2, 0.25) is 0 Å². The molecule has 150 valence electrons. The molecule has 0 aliphatic heterocycles. The molecule has 1 heterocycles. The zero-order valence-corrected chi connectivity index (χ0v) is 17.3. The predicted molar refractivity (Wildman–Crippen MR) is 112 cm³/mol. The molecule has 2 aromatic carbocycles. The first-order chi connectivity index (χ1) is 14.0. The maximum Gasteiger partial charge on any atom is 0.192 e. The molecular formula is C21H19ClFN3O2S. The van der Waals surface area contributed by atoms with Crippen LogP contribution in [0.1, 0.15) is 23.1 Å². The summed E-state index contributed by atoms with van der Waals surface area (Å²) in [7, 11) is 0. The largest absolute Gasteiger partial charge is 0.483 e. The number of halogens is 2. The minimum atomic E-state index is -0.447. The van der Waals surface area contributed by atoms with Crippen LogP contribution in [0.25, 0.3) is 0 Å². The summed E-state index contributed by atoms with van der Waals surface area (Å²) in [6.07, 6.45) is 1.70. The summed E-state index contributed by atoms with van der Waals surface area (Å²) >= 11 is 7.27. The summed E-state index contributed by atoms with van der Waals surface area (Å²) in [5.41, 5.74) is 0.537. The van der Waals surface area contributed by atoms with Crippen LogP contribution >= 0.6 is 23.4 Å². The smallest absolute Gasteiger partial charge is 0.192 e. The summed E-state index contributed by atoms with van der Waals surface area (Å²) in [5.74, 6) is 0.143. The lowest BCUT2D eigenvalue weighted by molar-refractivity contribution is 0.0994. The van der Waals surface area contributed by atoms with Crippen molar-refractivity contribution in [3.8, 4) is 5.75 Å². The fraction of sp³-hybridized carbons (Fsp3) is 0.190. The molecule has 8 heteroatoms. The highest BCUT2D eigenvalue weighted by Crippen LogP contribution is 2.26. The van der Waals surface area contributed by atoms with E-state index in [-0.39, 0.29) is 18.1 Å². The summed E-state index contributed by atoms with van der Waals surface area (Å²) in [4.78, 5) is 12.7. The van der Waals surface area contributed by atoms with Crippen molar-refractivity contribution in [1.82, 2.24) is 14.8 Å². The van der Waals surface area contributed by atoms with Crippen LogP contribution in [0, 0.1) is 5.82 Å². The van der Waals surface area contributed by atoms with Gasteiger partial charge in [0.1, 0.15) is 6.61 Å². The molecule has 0 fully saturated rings. The third-order valence-corrected chi connectivity index (χ3v) is 5.37. The topological polar surface area (TPSA) is 57.0 Å². The average Bonchev–Trinajstić information content (AvgIpc) is 3.08. The number of benzene rings is 2. The maximum absolute atomic E-state index is 13.8. The van der Waals surface area contributed by atoms with E-state index in [4.69, 9.17) is 16.3 Å². The van der Waals surface area contributed by atoms with E-state index in [1.807, 2.05) is 0 Å². The van der Waals surface area contributed by atoms with Crippen molar-refractivity contribution in [2.24, 2.45) is 0 Å². The van der Waals surface area contributed by atoms with E-state index in [1.165, 1.54) is 17.8 Å². The van der Waals surface area contributed by atoms with Crippen molar-refractivity contribution in [3.05, 3.63) is 83.4 Å². The number of para-hydroxylation sites is 1. The monoisotopic (exact) mass is 431 g/mol. The van der Waals surface area contributed by atoms with Crippen LogP contribution < -0.4 is 4.74 Å². The number of hydrogen-bond donors (Lipinski definition) is 0. The Morgan fingerprint density at radius 3 is 2.83 bits per heavy atom. The highest BCUT2D eigenvalue weighted by atomic mass is 35.5. The fourth-order valence-corrected chi connectivity index (χ4v) is 3.76. The molecule has 3 aromatic rings. The molecule has 1 aromatic heterocycles. The van der Waals surface area contributed by atoms with Crippen molar-refractivity contribution in [3.63, 3.8) is 0 Å². The van der Waals surface area contributed by atoms with Gasteiger partial charge < -0.3 is 4.74 Å². The Morgan fingerprint density at radius 1 is 1.31 bits per heavy atom. The van der Waals surface area contributed by atoms with Crippen LogP contribution in [-0.2, 0) is 13.2 Å². The third-order valence-electron chi connectivity index (χ3n) is 4.06. The first kappa shape index (κ1) is 21.1. The molecule has 0 radical (unpaired) electrons. The minimum absolute atomic E-state index is 0.0406. The lowest BCUT2D eigenvalue weighted by Crippen LogP contribution is -2.15. The molecule has 0 spiro atoms. The molecule has 3 rings (SSSR count). The minimum Gasteiger partial charge on any atom is -0.483 e. The summed E-state index contributed by atoms with van der Waals surface area (Å²) in [6, 6.07) is 13.0. The average molecular weight is 432 g/mol. The molecule has 5 nitrogen and oxygen atoms in total. The number of ketones is 1. The Balaban J connectivity index is 1.74. The van der Waals surface area contributed by atoms with E-state index in [0.717, 1.165) is 0 Å². The van der Waals surface area contributed by atoms with Gasteiger partial charge in [0.05, 0.1) is 5.25 Å². The number of carbonyl (C=O) groups is 1. The van der Waals surface area contributed by atoms with Crippen LogP contribution in [0.5, 0.6) is 5.75 Å². The molecule has 0 unspecified atom stereocenters. The van der Waals surface area contributed by atoms with Gasteiger partial charge in [-0.1, -0.05) is 53.7 Å². The molecule has 0 aliphatic rings. The van der Waals surface area contributed by atoms with Crippen LogP contribution in [0.4, 0.5) is 4.39 Å². The Morgan fingerprint density at radius 2 is 2.10 bits per heavy atom. The van der Waals surface area contributed by atoms with Crippen LogP contribution in [0.3, 0.4) is 0 Å². The van der Waals surface area contributed by atoms with Gasteiger partial charge in [0.15, 0.2) is 28.3 Å². The van der Waals surface area contributed by atoms with E-state index in [2.05, 4.69) is 16.8 Å². The molecule has 0 aliphatic carbocycles. The summed E-state index contributed by atoms with van der Waals surface area (Å²) in [5, 5.41) is 8.99. The molecule has 0 amide bonds. The first-order valence-electron chi connectivity index (χ1n) is 8.86. The second-order valence-electron chi connectivity index (χ2n) is 6.15. The Labute approximate surface area is 177 Å². The summed E-state index contributed by atoms with van der Waals surface area (Å²) in [6.45, 7) is 6.03. The van der Waals surface area contributed by atoms with E-state index in [9.17, 15) is 9.18 Å². The van der Waals surface area contributed by atoms with Gasteiger partial charge in [-0.05, 0) is 31.2 Å². The zero-order chi connectivity index (χ0) is 20.8. The third kappa shape index (κ3) is 5.25. The quantitative estimate of drug-likeness (QED) is 0.265. The Bertz CT molecular complexity index is 1020. The number of aromatic nitrogens is 3. The fourth-order valence-electron chi connectivity index (χ4n) is 2.62. The zero-order valence-electron chi connectivity index (χ0n) is 15.7. The molecule has 0 bridgehead atoms. The lowest BCUT2D eigenvalue weighted by atomic mass is 10.1. The van der Waals surface area contributed by atoms with Gasteiger partial charge >= 0.3 is 0 Å². The maximum atomic E-state index is 13.8. The Hall–Kier alpha value is -2.64. The van der Waals surface area contributed by atoms with Gasteiger partial charge in [-0.25, -0.2) is 4.39 Å². The standard InChI is InChI=1S/C21H19ClFN3O2S/c1-3-11-26-19(13-28-18-10-5-4-9-17(18)23)24-25-21(26)29-14(2)20(27)15-7-6-8-16(22)12-15/h3-10,12,14H,1,11,13H2,2H3/t14-/m1/s1. The van der Waals surface area contributed by atoms with Crippen molar-refractivity contribution in [1.29, 1.82) is 0 Å². The second kappa shape index (κ2) is 9.71. The van der Waals surface area contributed by atoms with E-state index >= 15 is 0 Å². The van der Waals surface area contributed by atoms with Gasteiger partial charge in [0, 0.05) is 17.1 Å². The lowest BCUT2D eigenvalue weighted by Gasteiger charge is -2.12. The molecule has 0 saturated carbocycles. The number of thioether (sulfide) groups is 1.